The minimum Gasteiger partial charge on any atom is -0.455 e. The van der Waals surface area contributed by atoms with E-state index in [1.165, 1.54) is 6.07 Å². The lowest BCUT2D eigenvalue weighted by Gasteiger charge is -2.22. The summed E-state index contributed by atoms with van der Waals surface area (Å²) in [5.41, 5.74) is 4.38. The van der Waals surface area contributed by atoms with E-state index in [4.69, 9.17) is 8.83 Å². The van der Waals surface area contributed by atoms with Gasteiger partial charge in [0.2, 0.25) is 0 Å². The van der Waals surface area contributed by atoms with Gasteiger partial charge in [0.25, 0.3) is 0 Å². The van der Waals surface area contributed by atoms with Crippen LogP contribution in [0, 0.1) is 11.3 Å². The lowest BCUT2D eigenvalue weighted by atomic mass is 9.90. The topological polar surface area (TPSA) is 59.9 Å². The van der Waals surface area contributed by atoms with Gasteiger partial charge in [-0.3, -0.25) is 0 Å². The highest BCUT2D eigenvalue weighted by molar-refractivity contribution is 6.25. The summed E-state index contributed by atoms with van der Waals surface area (Å²) in [6.45, 7) is 0. The Morgan fingerprint density at radius 2 is 0.971 bits per heavy atom. The van der Waals surface area contributed by atoms with Crippen LogP contribution in [0.3, 0.4) is 0 Å². The van der Waals surface area contributed by atoms with Gasteiger partial charge in [0.05, 0.1) is 67.0 Å². The standard InChI is InChI=1S/C57H29F6N3O2/c58-56(59,60)33-21-22-34(42(29-33)57(61,62)63)31-20-25-45(65-43-15-5-1-13-39(43)52-47(65)26-23-37-35-11-3-7-18-49(35)67-54(37)52)41(28-31)51-32(30-64)10-9-17-46(51)66-44-16-6-2-14-40(44)53-48(66)27-24-38-36-12-4-8-19-50(36)68-55(38)53/h1-29H. The van der Waals surface area contributed by atoms with Crippen molar-refractivity contribution in [1.29, 1.82) is 5.26 Å². The van der Waals surface area contributed by atoms with E-state index in [9.17, 15) is 31.6 Å². The van der Waals surface area contributed by atoms with Gasteiger partial charge in [-0.25, -0.2) is 0 Å². The third-order valence-electron chi connectivity index (χ3n) is 13.2. The Hall–Kier alpha value is -8.75. The van der Waals surface area contributed by atoms with Crippen molar-refractivity contribution in [1.82, 2.24) is 9.13 Å². The maximum absolute atomic E-state index is 15.0. The van der Waals surface area contributed by atoms with E-state index in [-0.39, 0.29) is 17.2 Å². The van der Waals surface area contributed by atoms with Crippen molar-refractivity contribution in [3.05, 3.63) is 193 Å². The monoisotopic (exact) mass is 901 g/mol. The summed E-state index contributed by atoms with van der Waals surface area (Å²) in [5.74, 6) is 0. The maximum atomic E-state index is 15.0. The summed E-state index contributed by atoms with van der Waals surface area (Å²) < 4.78 is 104. The number of furan rings is 2. The first-order valence-electron chi connectivity index (χ1n) is 21.6. The number of fused-ring (bicyclic) bond motifs is 14. The maximum Gasteiger partial charge on any atom is 0.417 e. The summed E-state index contributed by atoms with van der Waals surface area (Å²) in [6.07, 6.45) is -10.2. The molecule has 0 saturated carbocycles. The zero-order valence-electron chi connectivity index (χ0n) is 35.2. The Kier molecular flexibility index (Phi) is 8.23. The van der Waals surface area contributed by atoms with Crippen molar-refractivity contribution >= 4 is 87.5 Å². The highest BCUT2D eigenvalue weighted by Crippen LogP contribution is 2.48. The van der Waals surface area contributed by atoms with Crippen molar-refractivity contribution < 1.29 is 35.2 Å². The molecule has 68 heavy (non-hydrogen) atoms. The molecule has 0 fully saturated rings. The van der Waals surface area contributed by atoms with Gasteiger partial charge in [-0.15, -0.1) is 0 Å². The van der Waals surface area contributed by atoms with Crippen molar-refractivity contribution in [2.75, 3.05) is 0 Å². The molecule has 0 N–H and O–H groups in total. The molecule has 0 radical (unpaired) electrons. The molecule has 0 aliphatic heterocycles. The largest absolute Gasteiger partial charge is 0.455 e. The minimum atomic E-state index is -5.15. The van der Waals surface area contributed by atoms with E-state index in [0.717, 1.165) is 71.2 Å². The number of benzene rings is 9. The van der Waals surface area contributed by atoms with Crippen LogP contribution < -0.4 is 0 Å². The third-order valence-corrected chi connectivity index (χ3v) is 13.2. The second-order valence-electron chi connectivity index (χ2n) is 16.9. The van der Waals surface area contributed by atoms with Gasteiger partial charge < -0.3 is 18.0 Å². The predicted octanol–water partition coefficient (Wildman–Crippen LogP) is 16.9. The van der Waals surface area contributed by atoms with Gasteiger partial charge in [0.1, 0.15) is 22.3 Å². The highest BCUT2D eigenvalue weighted by Gasteiger charge is 2.39. The molecule has 9 aromatic carbocycles. The summed E-state index contributed by atoms with van der Waals surface area (Å²) in [4.78, 5) is 0. The van der Waals surface area contributed by atoms with Gasteiger partial charge in [-0.2, -0.15) is 31.6 Å². The second-order valence-corrected chi connectivity index (χ2v) is 16.9. The normalized spacial score (nSPS) is 12.5. The molecule has 0 bridgehead atoms. The number of nitriles is 1. The molecule has 326 valence electrons. The summed E-state index contributed by atoms with van der Waals surface area (Å²) in [6, 6.07) is 53.1. The Morgan fingerprint density at radius 3 is 1.53 bits per heavy atom. The Bertz CT molecular complexity index is 4330. The molecule has 0 saturated heterocycles. The summed E-state index contributed by atoms with van der Waals surface area (Å²) >= 11 is 0. The van der Waals surface area contributed by atoms with Gasteiger partial charge in [-0.1, -0.05) is 91.0 Å². The molecule has 13 rings (SSSR count). The number of aromatic nitrogens is 2. The van der Waals surface area contributed by atoms with Crippen molar-refractivity contribution in [3.8, 4) is 39.7 Å². The van der Waals surface area contributed by atoms with E-state index in [1.807, 2.05) is 137 Å². The van der Waals surface area contributed by atoms with Crippen molar-refractivity contribution in [2.45, 2.75) is 12.4 Å². The van der Waals surface area contributed by atoms with E-state index in [1.54, 1.807) is 24.3 Å². The molecule has 5 nitrogen and oxygen atoms in total. The van der Waals surface area contributed by atoms with E-state index < -0.39 is 29.0 Å². The molecule has 0 aliphatic rings. The molecular weight excluding hydrogens is 873 g/mol. The van der Waals surface area contributed by atoms with Crippen LogP contribution in [0.15, 0.2) is 185 Å². The van der Waals surface area contributed by atoms with Gasteiger partial charge in [0, 0.05) is 43.4 Å². The van der Waals surface area contributed by atoms with Crippen LogP contribution in [0.5, 0.6) is 0 Å². The zero-order chi connectivity index (χ0) is 46.2. The first kappa shape index (κ1) is 39.6. The van der Waals surface area contributed by atoms with E-state index in [0.29, 0.717) is 50.9 Å². The van der Waals surface area contributed by atoms with Crippen molar-refractivity contribution in [2.24, 2.45) is 0 Å². The first-order chi connectivity index (χ1) is 33.0. The Morgan fingerprint density at radius 1 is 0.426 bits per heavy atom. The average molecular weight is 902 g/mol. The van der Waals surface area contributed by atoms with Crippen LogP contribution in [0.1, 0.15) is 16.7 Å². The Labute approximate surface area is 380 Å². The van der Waals surface area contributed by atoms with Crippen LogP contribution in [0.4, 0.5) is 26.3 Å². The summed E-state index contributed by atoms with van der Waals surface area (Å²) in [5, 5.41) is 18.1. The van der Waals surface area contributed by atoms with Gasteiger partial charge in [-0.05, 0) is 96.1 Å². The summed E-state index contributed by atoms with van der Waals surface area (Å²) in [7, 11) is 0. The molecule has 4 heterocycles. The fourth-order valence-electron chi connectivity index (χ4n) is 10.4. The molecule has 0 spiro atoms. The van der Waals surface area contributed by atoms with E-state index >= 15 is 0 Å². The fourth-order valence-corrected chi connectivity index (χ4v) is 10.4. The van der Waals surface area contributed by atoms with Crippen molar-refractivity contribution in [3.63, 3.8) is 0 Å². The number of nitrogens with zero attached hydrogens (tertiary/aromatic N) is 3. The molecule has 0 atom stereocenters. The smallest absolute Gasteiger partial charge is 0.417 e. The number of para-hydroxylation sites is 4. The number of halogens is 6. The third kappa shape index (κ3) is 5.64. The molecule has 11 heteroatoms. The first-order valence-corrected chi connectivity index (χ1v) is 21.6. The van der Waals surface area contributed by atoms with Crippen LogP contribution in [-0.2, 0) is 12.4 Å². The number of alkyl halides is 6. The number of rotatable bonds is 4. The Balaban J connectivity index is 1.17. The lowest BCUT2D eigenvalue weighted by molar-refractivity contribution is -0.142. The minimum absolute atomic E-state index is 0.00450. The lowest BCUT2D eigenvalue weighted by Crippen LogP contribution is -2.12. The van der Waals surface area contributed by atoms with Crippen LogP contribution in [0.25, 0.3) is 121 Å². The highest BCUT2D eigenvalue weighted by atomic mass is 19.4. The van der Waals surface area contributed by atoms with Gasteiger partial charge in [0.15, 0.2) is 0 Å². The number of hydrogen-bond donors (Lipinski definition) is 0. The molecule has 0 aliphatic carbocycles. The van der Waals surface area contributed by atoms with Gasteiger partial charge >= 0.3 is 12.4 Å². The molecule has 0 amide bonds. The second kappa shape index (κ2) is 14.1. The zero-order valence-corrected chi connectivity index (χ0v) is 35.2. The predicted molar refractivity (Wildman–Crippen MR) is 255 cm³/mol. The number of hydrogen-bond acceptors (Lipinski definition) is 3. The fraction of sp³-hybridized carbons (Fsp3) is 0.0351. The molecule has 0 unspecified atom stereocenters. The molecular formula is C57H29F6N3O2. The van der Waals surface area contributed by atoms with E-state index in [2.05, 4.69) is 6.07 Å². The SMILES string of the molecule is N#Cc1cccc(-n2c3ccccc3c3c4oc5ccccc5c4ccc32)c1-c1cc(-c2ccc(C(F)(F)F)cc2C(F)(F)F)ccc1-n1c2ccccc2c2c3oc4ccccc4c3ccc21. The average Bonchev–Trinajstić information content (AvgIpc) is 4.10. The van der Waals surface area contributed by atoms with Crippen LogP contribution >= 0.6 is 0 Å². The van der Waals surface area contributed by atoms with Crippen LogP contribution in [-0.4, -0.2) is 9.13 Å². The van der Waals surface area contributed by atoms with Crippen LogP contribution in [0.2, 0.25) is 0 Å². The quantitative estimate of drug-likeness (QED) is 0.165. The molecule has 4 aromatic heterocycles. The molecule has 13 aromatic rings.